The Bertz CT molecular complexity index is 755. The van der Waals surface area contributed by atoms with Crippen molar-refractivity contribution in [1.29, 1.82) is 0 Å². The lowest BCUT2D eigenvalue weighted by atomic mass is 9.99. The molecule has 1 heterocycles. The minimum atomic E-state index is -0.585. The van der Waals surface area contributed by atoms with E-state index < -0.39 is 11.9 Å². The van der Waals surface area contributed by atoms with E-state index in [1.165, 1.54) is 29.6 Å². The molecule has 1 amide bonds. The maximum absolute atomic E-state index is 11.8. The summed E-state index contributed by atoms with van der Waals surface area (Å²) in [6, 6.07) is 4.22. The van der Waals surface area contributed by atoms with Crippen molar-refractivity contribution < 1.29 is 19.1 Å². The number of ether oxygens (including phenoxy) is 2. The lowest BCUT2D eigenvalue weighted by molar-refractivity contribution is -0.150. The van der Waals surface area contributed by atoms with Gasteiger partial charge in [0.25, 0.3) is 5.91 Å². The van der Waals surface area contributed by atoms with Crippen LogP contribution in [0.25, 0.3) is 11.3 Å². The summed E-state index contributed by atoms with van der Waals surface area (Å²) in [5.41, 5.74) is 5.42. The molecule has 0 atom stereocenters. The molecule has 128 valence electrons. The van der Waals surface area contributed by atoms with Gasteiger partial charge in [0.15, 0.2) is 11.7 Å². The second-order valence-electron chi connectivity index (χ2n) is 5.43. The van der Waals surface area contributed by atoms with Gasteiger partial charge >= 0.3 is 5.97 Å². The van der Waals surface area contributed by atoms with E-state index in [4.69, 9.17) is 4.74 Å². The Morgan fingerprint density at radius 3 is 2.54 bits per heavy atom. The Morgan fingerprint density at radius 1 is 1.12 bits per heavy atom. The number of thiazole rings is 1. The smallest absolute Gasteiger partial charge is 0.332 e. The molecule has 0 aliphatic carbocycles. The van der Waals surface area contributed by atoms with Crippen molar-refractivity contribution in [2.45, 2.75) is 20.8 Å². The molecule has 2 aromatic rings. The number of rotatable bonds is 6. The normalized spacial score (nSPS) is 10.5. The van der Waals surface area contributed by atoms with Gasteiger partial charge in [-0.2, -0.15) is 0 Å². The third-order valence-corrected chi connectivity index (χ3v) is 4.25. The molecule has 0 unspecified atom stereocenters. The quantitative estimate of drug-likeness (QED) is 0.812. The molecule has 0 bridgehead atoms. The third kappa shape index (κ3) is 4.62. The molecular formula is C17H20N2O4S. The van der Waals surface area contributed by atoms with Crippen molar-refractivity contribution in [3.8, 4) is 11.3 Å². The van der Waals surface area contributed by atoms with Crippen LogP contribution < -0.4 is 5.32 Å². The molecule has 0 aliphatic rings. The second-order valence-corrected chi connectivity index (χ2v) is 6.29. The largest absolute Gasteiger partial charge is 0.454 e. The first kappa shape index (κ1) is 18.1. The van der Waals surface area contributed by atoms with Crippen LogP contribution >= 0.6 is 11.3 Å². The fourth-order valence-corrected chi connectivity index (χ4v) is 2.88. The average molecular weight is 348 g/mol. The van der Waals surface area contributed by atoms with E-state index in [1.807, 2.05) is 12.3 Å². The Labute approximate surface area is 144 Å². The highest BCUT2D eigenvalue weighted by Gasteiger charge is 2.12. The predicted molar refractivity (Wildman–Crippen MR) is 93.2 cm³/mol. The molecule has 1 N–H and O–H groups in total. The zero-order valence-electron chi connectivity index (χ0n) is 14.1. The van der Waals surface area contributed by atoms with Gasteiger partial charge < -0.3 is 9.47 Å². The first-order valence-electron chi connectivity index (χ1n) is 7.39. The zero-order valence-corrected chi connectivity index (χ0v) is 15.0. The van der Waals surface area contributed by atoms with E-state index >= 15 is 0 Å². The van der Waals surface area contributed by atoms with Crippen molar-refractivity contribution in [2.75, 3.05) is 25.6 Å². The fraction of sp³-hybridized carbons (Fsp3) is 0.353. The standard InChI is InChI=1S/C17H20N2O4S/c1-10-5-12(3)13(6-11(10)2)14-9-24-17(18-14)19-15(20)7-23-16(21)8-22-4/h5-6,9H,7-8H2,1-4H3,(H,18,19,20). The molecule has 1 aromatic carbocycles. The van der Waals surface area contributed by atoms with Gasteiger partial charge in [0.05, 0.1) is 5.69 Å². The number of carbonyl (C=O) groups is 2. The molecule has 0 aliphatic heterocycles. The van der Waals surface area contributed by atoms with E-state index in [0.29, 0.717) is 5.13 Å². The number of hydrogen-bond donors (Lipinski definition) is 1. The van der Waals surface area contributed by atoms with E-state index in [2.05, 4.69) is 41.0 Å². The van der Waals surface area contributed by atoms with Crippen LogP contribution in [0.3, 0.4) is 0 Å². The van der Waals surface area contributed by atoms with E-state index in [1.54, 1.807) is 0 Å². The lowest BCUT2D eigenvalue weighted by Gasteiger charge is -2.07. The number of methoxy groups -OCH3 is 1. The maximum Gasteiger partial charge on any atom is 0.332 e. The molecule has 0 saturated carbocycles. The van der Waals surface area contributed by atoms with Crippen molar-refractivity contribution >= 4 is 28.3 Å². The number of aromatic nitrogens is 1. The number of carbonyl (C=O) groups excluding carboxylic acids is 2. The first-order valence-corrected chi connectivity index (χ1v) is 8.27. The van der Waals surface area contributed by atoms with Gasteiger partial charge in [-0.05, 0) is 43.5 Å². The fourth-order valence-electron chi connectivity index (χ4n) is 2.15. The molecule has 0 radical (unpaired) electrons. The highest BCUT2D eigenvalue weighted by atomic mass is 32.1. The van der Waals surface area contributed by atoms with Crippen LogP contribution in [0.15, 0.2) is 17.5 Å². The molecule has 2 rings (SSSR count). The number of amides is 1. The number of nitrogens with one attached hydrogen (secondary N) is 1. The number of nitrogens with zero attached hydrogens (tertiary/aromatic N) is 1. The molecule has 24 heavy (non-hydrogen) atoms. The molecule has 0 saturated heterocycles. The number of anilines is 1. The van der Waals surface area contributed by atoms with Gasteiger partial charge in [-0.15, -0.1) is 11.3 Å². The van der Waals surface area contributed by atoms with Crippen molar-refractivity contribution in [1.82, 2.24) is 4.98 Å². The van der Waals surface area contributed by atoms with Crippen molar-refractivity contribution in [2.24, 2.45) is 0 Å². The van der Waals surface area contributed by atoms with Gasteiger partial charge in [-0.3, -0.25) is 10.1 Å². The van der Waals surface area contributed by atoms with E-state index in [9.17, 15) is 9.59 Å². The average Bonchev–Trinajstić information content (AvgIpc) is 2.97. The minimum Gasteiger partial charge on any atom is -0.454 e. The molecule has 7 heteroatoms. The van der Waals surface area contributed by atoms with E-state index in [-0.39, 0.29) is 13.2 Å². The van der Waals surface area contributed by atoms with E-state index in [0.717, 1.165) is 16.8 Å². The van der Waals surface area contributed by atoms with Gasteiger partial charge in [0.2, 0.25) is 0 Å². The summed E-state index contributed by atoms with van der Waals surface area (Å²) in [5, 5.41) is 4.99. The Hall–Kier alpha value is -2.25. The summed E-state index contributed by atoms with van der Waals surface area (Å²) < 4.78 is 9.38. The van der Waals surface area contributed by atoms with Gasteiger partial charge in [-0.1, -0.05) is 6.07 Å². The lowest BCUT2D eigenvalue weighted by Crippen LogP contribution is -2.22. The Morgan fingerprint density at radius 2 is 1.83 bits per heavy atom. The Balaban J connectivity index is 2.02. The molecule has 0 spiro atoms. The highest BCUT2D eigenvalue weighted by molar-refractivity contribution is 7.14. The van der Waals surface area contributed by atoms with Crippen LogP contribution in [0.5, 0.6) is 0 Å². The van der Waals surface area contributed by atoms with Crippen LogP contribution in [0.2, 0.25) is 0 Å². The topological polar surface area (TPSA) is 77.5 Å². The van der Waals surface area contributed by atoms with Gasteiger partial charge in [-0.25, -0.2) is 9.78 Å². The molecule has 1 aromatic heterocycles. The van der Waals surface area contributed by atoms with Crippen LogP contribution in [-0.4, -0.2) is 37.2 Å². The molecule has 6 nitrogen and oxygen atoms in total. The summed E-state index contributed by atoms with van der Waals surface area (Å²) >= 11 is 1.33. The molecule has 0 fully saturated rings. The summed E-state index contributed by atoms with van der Waals surface area (Å²) in [7, 11) is 1.38. The van der Waals surface area contributed by atoms with Gasteiger partial charge in [0, 0.05) is 18.1 Å². The number of esters is 1. The van der Waals surface area contributed by atoms with Crippen LogP contribution in [0, 0.1) is 20.8 Å². The third-order valence-electron chi connectivity index (χ3n) is 3.49. The second kappa shape index (κ2) is 8.03. The van der Waals surface area contributed by atoms with Gasteiger partial charge in [0.1, 0.15) is 6.61 Å². The van der Waals surface area contributed by atoms with Crippen LogP contribution in [0.1, 0.15) is 16.7 Å². The number of benzene rings is 1. The number of hydrogen-bond acceptors (Lipinski definition) is 6. The Kier molecular flexibility index (Phi) is 6.05. The SMILES string of the molecule is COCC(=O)OCC(=O)Nc1nc(-c2cc(C)c(C)cc2C)cs1. The summed E-state index contributed by atoms with van der Waals surface area (Å²) in [6.07, 6.45) is 0. The summed E-state index contributed by atoms with van der Waals surface area (Å²) in [6.45, 7) is 5.63. The first-order chi connectivity index (χ1) is 11.4. The zero-order chi connectivity index (χ0) is 17.7. The van der Waals surface area contributed by atoms with Crippen LogP contribution in [0.4, 0.5) is 5.13 Å². The maximum atomic E-state index is 11.8. The predicted octanol–water partition coefficient (Wildman–Crippen LogP) is 2.86. The van der Waals surface area contributed by atoms with Crippen molar-refractivity contribution in [3.63, 3.8) is 0 Å². The van der Waals surface area contributed by atoms with Crippen molar-refractivity contribution in [3.05, 3.63) is 34.2 Å². The number of aryl methyl sites for hydroxylation is 3. The highest BCUT2D eigenvalue weighted by Crippen LogP contribution is 2.29. The monoisotopic (exact) mass is 348 g/mol. The summed E-state index contributed by atoms with van der Waals surface area (Å²) in [4.78, 5) is 27.4. The van der Waals surface area contributed by atoms with Crippen LogP contribution in [-0.2, 0) is 19.1 Å². The molecular weight excluding hydrogens is 328 g/mol. The summed E-state index contributed by atoms with van der Waals surface area (Å²) in [5.74, 6) is -1.02. The minimum absolute atomic E-state index is 0.180.